The summed E-state index contributed by atoms with van der Waals surface area (Å²) in [6.45, 7) is 23.9. The molecule has 0 N–H and O–H groups in total. The van der Waals surface area contributed by atoms with Gasteiger partial charge < -0.3 is 7.43 Å². The van der Waals surface area contributed by atoms with Crippen LogP contribution in [0.2, 0.25) is 0 Å². The fourth-order valence-electron chi connectivity index (χ4n) is 5.61. The van der Waals surface area contributed by atoms with Crippen LogP contribution >= 0.6 is 0 Å². The van der Waals surface area contributed by atoms with Gasteiger partial charge in [0.15, 0.2) is 6.58 Å². The molecule has 0 bridgehead atoms. The molecule has 0 radical (unpaired) electrons. The molecule has 0 amide bonds. The third kappa shape index (κ3) is 42.8. The normalized spacial score (nSPS) is 11.6. The van der Waals surface area contributed by atoms with Crippen molar-refractivity contribution in [1.82, 2.24) is 0 Å². The summed E-state index contributed by atoms with van der Waals surface area (Å²) in [6.07, 6.45) is 45.9. The van der Waals surface area contributed by atoms with Gasteiger partial charge in [-0.1, -0.05) is 95.3 Å². The van der Waals surface area contributed by atoms with E-state index in [-0.39, 0.29) is 42.9 Å². The summed E-state index contributed by atoms with van der Waals surface area (Å²) < 4.78 is 7.94. The van der Waals surface area contributed by atoms with Crippen LogP contribution in [0.3, 0.4) is 0 Å². The van der Waals surface area contributed by atoms with E-state index in [0.29, 0.717) is 17.8 Å². The van der Waals surface area contributed by atoms with Crippen molar-refractivity contribution in [2.24, 2.45) is 53.3 Å². The number of hydrogen-bond donors (Lipinski definition) is 0. The van der Waals surface area contributed by atoms with Crippen LogP contribution in [0.1, 0.15) is 99.3 Å². The molecule has 0 aliphatic rings. The SMILES string of the molecule is C#CC#CC(C/C=C\CC(C#CC#C)CC(C#CC#C)CC(C)C)CC(C#CC#C)CC(C)C.C#CC#CC(CC=C)CC(C#CC#C)CC(C)C.[CH+]=C.[CH3-].[O]=[Co]. The zero-order valence-corrected chi connectivity index (χ0v) is 36.5. The maximum absolute atomic E-state index is 7.94. The first kappa shape index (κ1) is 60.4. The molecule has 0 aromatic carbocycles. The van der Waals surface area contributed by atoms with E-state index in [1.165, 1.54) is 0 Å². The molecule has 2 heteroatoms. The van der Waals surface area contributed by atoms with Crippen molar-refractivity contribution in [2.45, 2.75) is 99.3 Å². The number of allylic oxidation sites excluding steroid dienone is 3. The Morgan fingerprint density at radius 2 is 0.649 bits per heavy atom. The van der Waals surface area contributed by atoms with Crippen molar-refractivity contribution < 1.29 is 19.5 Å². The van der Waals surface area contributed by atoms with Crippen molar-refractivity contribution in [2.75, 3.05) is 0 Å². The molecule has 0 saturated carbocycles. The second kappa shape index (κ2) is 46.3. The molecule has 0 aromatic rings. The summed E-state index contributed by atoms with van der Waals surface area (Å²) in [5.74, 6) is 52.7. The van der Waals surface area contributed by atoms with Crippen LogP contribution in [0, 0.1) is 212 Å². The minimum atomic E-state index is 0. The first-order valence-corrected chi connectivity index (χ1v) is 19.0. The third-order valence-corrected chi connectivity index (χ3v) is 7.52. The zero-order chi connectivity index (χ0) is 43.4. The number of terminal acetylenes is 6. The van der Waals surface area contributed by atoms with Gasteiger partial charge >= 0.3 is 19.5 Å². The number of hydrogen-bond acceptors (Lipinski definition) is 1. The summed E-state index contributed by atoms with van der Waals surface area (Å²) in [6, 6.07) is 0. The Balaban J connectivity index is -0.000000331. The Hall–Kier alpha value is -5.84. The van der Waals surface area contributed by atoms with E-state index in [0.717, 1.165) is 57.8 Å². The average Bonchev–Trinajstić information content (AvgIpc) is 3.17. The molecular weight excluding hydrogens is 736 g/mol. The van der Waals surface area contributed by atoms with Gasteiger partial charge in [-0.2, -0.15) is 0 Å². The second-order valence-corrected chi connectivity index (χ2v) is 13.7. The van der Waals surface area contributed by atoms with Crippen LogP contribution in [0.4, 0.5) is 0 Å². The Bertz CT molecular complexity index is 1700. The van der Waals surface area contributed by atoms with E-state index in [9.17, 15) is 0 Å². The van der Waals surface area contributed by atoms with Crippen molar-refractivity contribution in [3.63, 3.8) is 0 Å². The van der Waals surface area contributed by atoms with Gasteiger partial charge in [0.2, 0.25) is 0 Å². The summed E-state index contributed by atoms with van der Waals surface area (Å²) in [4.78, 5) is 0. The molecule has 0 spiro atoms. The molecule has 0 aliphatic carbocycles. The van der Waals surface area contributed by atoms with Crippen molar-refractivity contribution >= 4 is 0 Å². The Labute approximate surface area is 360 Å². The molecule has 1 nitrogen and oxygen atoms in total. The van der Waals surface area contributed by atoms with Crippen molar-refractivity contribution in [1.29, 1.82) is 0 Å². The van der Waals surface area contributed by atoms with E-state index in [1.807, 2.05) is 6.08 Å². The van der Waals surface area contributed by atoms with Gasteiger partial charge in [-0.15, -0.1) is 45.1 Å². The van der Waals surface area contributed by atoms with Crippen LogP contribution in [-0.2, 0) is 19.5 Å². The quantitative estimate of drug-likeness (QED) is 0.0767. The van der Waals surface area contributed by atoms with E-state index >= 15 is 0 Å². The van der Waals surface area contributed by atoms with Crippen molar-refractivity contribution in [3.05, 3.63) is 45.4 Å². The number of rotatable bonds is 18. The molecule has 0 aromatic heterocycles. The summed E-state index contributed by atoms with van der Waals surface area (Å²) in [5, 5.41) is 0. The van der Waals surface area contributed by atoms with Crippen LogP contribution in [0.15, 0.2) is 31.4 Å². The topological polar surface area (TPSA) is 17.1 Å². The van der Waals surface area contributed by atoms with Gasteiger partial charge in [0, 0.05) is 35.5 Å². The fraction of sp³-hybridized carbons (Fsp3) is 0.436. The first-order valence-electron chi connectivity index (χ1n) is 18.6. The molecule has 0 aliphatic heterocycles. The molecule has 0 saturated heterocycles. The van der Waals surface area contributed by atoms with Gasteiger partial charge in [-0.3, -0.25) is 0 Å². The Morgan fingerprint density at radius 3 is 0.842 bits per heavy atom. The summed E-state index contributed by atoms with van der Waals surface area (Å²) in [7, 11) is 0. The average molecular weight is 798 g/mol. The Morgan fingerprint density at radius 1 is 0.439 bits per heavy atom. The fourth-order valence-corrected chi connectivity index (χ4v) is 5.61. The molecule has 0 fully saturated rings. The standard InChI is InChI=1S/C34H36.C18H20.C2H3.CH3.Co.O/c1-9-13-19-31(27-33(21-15-11-3)25-29(5)6)23-17-18-24-32(20-14-10-2)28-34(22-16-12-4)26-30(7)8;1-6-9-12-17(11-8-3)15-18(13-10-7-2)14-16(4)5;1-2;;;/h1-4,17-18,29-34H,23-28H2,5-8H3;1-2,8,16-18H,3,11,14-15H2,4-5H3;1H,2H2;1H3;;/q;;+1;-1;;/b18-17-;;;;;. The van der Waals surface area contributed by atoms with Crippen molar-refractivity contribution in [3.8, 4) is 145 Å². The van der Waals surface area contributed by atoms with E-state index in [4.69, 9.17) is 42.4 Å². The molecular formula is C55H62CoO. The third-order valence-electron chi connectivity index (χ3n) is 7.52. The van der Waals surface area contributed by atoms with Crippen LogP contribution < -0.4 is 0 Å². The molecule has 0 rings (SSSR count). The maximum atomic E-state index is 7.94. The second-order valence-electron chi connectivity index (χ2n) is 13.7. The molecule has 6 atom stereocenters. The van der Waals surface area contributed by atoms with E-state index < -0.39 is 0 Å². The Kier molecular flexibility index (Phi) is 49.1. The molecule has 297 valence electrons. The molecule has 57 heavy (non-hydrogen) atoms. The van der Waals surface area contributed by atoms with Gasteiger partial charge in [-0.25, -0.2) is 0 Å². The van der Waals surface area contributed by atoms with Crippen LogP contribution in [0.25, 0.3) is 0 Å². The van der Waals surface area contributed by atoms with E-state index in [2.05, 4.69) is 196 Å². The van der Waals surface area contributed by atoms with Gasteiger partial charge in [-0.05, 0) is 147 Å². The summed E-state index contributed by atoms with van der Waals surface area (Å²) >= 11 is 2.31. The molecule has 6 unspecified atom stereocenters. The van der Waals surface area contributed by atoms with Gasteiger partial charge in [0.25, 0.3) is 0 Å². The molecule has 0 heterocycles. The van der Waals surface area contributed by atoms with E-state index in [1.54, 1.807) is 0 Å². The predicted molar refractivity (Wildman–Crippen MR) is 243 cm³/mol. The minimum absolute atomic E-state index is 0. The van der Waals surface area contributed by atoms with Gasteiger partial charge in [0.1, 0.15) is 6.58 Å². The van der Waals surface area contributed by atoms with Gasteiger partial charge in [0.05, 0.1) is 0 Å². The monoisotopic (exact) mass is 797 g/mol. The first-order chi connectivity index (χ1) is 27.0. The summed E-state index contributed by atoms with van der Waals surface area (Å²) in [5.41, 5.74) is 0. The van der Waals surface area contributed by atoms with Crippen LogP contribution in [0.5, 0.6) is 0 Å². The predicted octanol–water partition coefficient (Wildman–Crippen LogP) is 10.6. The van der Waals surface area contributed by atoms with Crippen LogP contribution in [-0.4, -0.2) is 0 Å². The zero-order valence-electron chi connectivity index (χ0n) is 35.5.